The zero-order valence-electron chi connectivity index (χ0n) is 16.1. The monoisotopic (exact) mass is 355 g/mol. The average molecular weight is 355 g/mol. The third-order valence-corrected chi connectivity index (χ3v) is 4.16. The number of rotatable bonds is 13. The molecule has 0 N–H and O–H groups in total. The van der Waals surface area contributed by atoms with Crippen LogP contribution in [0.5, 0.6) is 0 Å². The van der Waals surface area contributed by atoms with E-state index < -0.39 is 28.9 Å². The molecule has 6 nitrogen and oxygen atoms in total. The number of ether oxygens (including phenoxy) is 2. The maximum atomic E-state index is 13.0. The number of hydrogen-bond acceptors (Lipinski definition) is 6. The quantitative estimate of drug-likeness (QED) is 0.470. The summed E-state index contributed by atoms with van der Waals surface area (Å²) in [6.07, 6.45) is 3.66. The molecule has 6 heteroatoms. The van der Waals surface area contributed by atoms with Crippen LogP contribution in [0, 0.1) is 0 Å². The van der Waals surface area contributed by atoms with E-state index in [9.17, 15) is 19.2 Å². The minimum absolute atomic E-state index is 0.00158. The van der Waals surface area contributed by atoms with E-state index in [-0.39, 0.29) is 32.1 Å². The molecule has 2 unspecified atom stereocenters. The maximum Gasteiger partial charge on any atom is 0.306 e. The van der Waals surface area contributed by atoms with Gasteiger partial charge in [0.25, 0.3) is 6.29 Å². The fourth-order valence-corrected chi connectivity index (χ4v) is 2.87. The Morgan fingerprint density at radius 3 is 1.84 bits per heavy atom. The van der Waals surface area contributed by atoms with E-state index in [0.717, 1.165) is 0 Å². The molecule has 0 aliphatic rings. The highest BCUT2D eigenvalue weighted by Crippen LogP contribution is 2.39. The summed E-state index contributed by atoms with van der Waals surface area (Å²) in [5.41, 5.74) is -3.75. The van der Waals surface area contributed by atoms with Gasteiger partial charge in [-0.25, -0.2) is 0 Å². The summed E-state index contributed by atoms with van der Waals surface area (Å²) >= 11 is 0. The molecule has 25 heavy (non-hydrogen) atoms. The van der Waals surface area contributed by atoms with Crippen LogP contribution in [0.3, 0.4) is 0 Å². The standard InChI is InChI=1S/C19H31O6/c1-6-11-15(21)19(13-8-3,25-16(22)9-4)18(10-5,14-20)24-17(23)12-7-2/h6-13H2,1-5H3. The predicted octanol–water partition coefficient (Wildman–Crippen LogP) is 3.45. The Kier molecular flexibility index (Phi) is 10.2. The molecule has 0 amide bonds. The molecule has 0 rings (SSSR count). The van der Waals surface area contributed by atoms with Gasteiger partial charge in [-0.1, -0.05) is 41.0 Å². The molecular formula is C19H31O6. The summed E-state index contributed by atoms with van der Waals surface area (Å²) in [6, 6.07) is 0. The fraction of sp³-hybridized carbons (Fsp3) is 0.789. The number of carbonyl (C=O) groups is 3. The molecule has 2 atom stereocenters. The van der Waals surface area contributed by atoms with Crippen molar-refractivity contribution in [1.29, 1.82) is 0 Å². The maximum absolute atomic E-state index is 13.0. The van der Waals surface area contributed by atoms with Crippen molar-refractivity contribution in [2.75, 3.05) is 0 Å². The van der Waals surface area contributed by atoms with Crippen LogP contribution in [0.4, 0.5) is 0 Å². The zero-order valence-corrected chi connectivity index (χ0v) is 16.1. The van der Waals surface area contributed by atoms with E-state index in [1.807, 2.05) is 13.8 Å². The van der Waals surface area contributed by atoms with E-state index in [1.165, 1.54) is 0 Å². The van der Waals surface area contributed by atoms with E-state index in [4.69, 9.17) is 9.47 Å². The molecule has 0 aromatic carbocycles. The summed E-state index contributed by atoms with van der Waals surface area (Å²) in [4.78, 5) is 49.1. The van der Waals surface area contributed by atoms with Crippen LogP contribution in [-0.4, -0.2) is 35.2 Å². The largest absolute Gasteiger partial charge is 0.446 e. The van der Waals surface area contributed by atoms with Crippen LogP contribution in [0.15, 0.2) is 0 Å². The highest BCUT2D eigenvalue weighted by Gasteiger charge is 2.61. The van der Waals surface area contributed by atoms with Gasteiger partial charge < -0.3 is 9.47 Å². The average Bonchev–Trinajstić information content (AvgIpc) is 2.59. The summed E-state index contributed by atoms with van der Waals surface area (Å²) in [5, 5.41) is 0. The third-order valence-electron chi connectivity index (χ3n) is 4.16. The lowest BCUT2D eigenvalue weighted by molar-refractivity contribution is -0.203. The minimum Gasteiger partial charge on any atom is -0.446 e. The molecule has 0 aliphatic carbocycles. The molecule has 0 heterocycles. The first-order valence-electron chi connectivity index (χ1n) is 9.19. The Bertz CT molecular complexity index is 473. The molecule has 0 saturated heterocycles. The Hall–Kier alpha value is -1.72. The van der Waals surface area contributed by atoms with Crippen molar-refractivity contribution in [1.82, 2.24) is 0 Å². The van der Waals surface area contributed by atoms with Gasteiger partial charge in [0.1, 0.15) is 0 Å². The first-order valence-corrected chi connectivity index (χ1v) is 9.19. The Morgan fingerprint density at radius 1 is 0.840 bits per heavy atom. The van der Waals surface area contributed by atoms with Gasteiger partial charge in [0.2, 0.25) is 11.2 Å². The number of ketones is 1. The van der Waals surface area contributed by atoms with Crippen molar-refractivity contribution in [3.63, 3.8) is 0 Å². The van der Waals surface area contributed by atoms with E-state index in [1.54, 1.807) is 27.1 Å². The summed E-state index contributed by atoms with van der Waals surface area (Å²) in [5.74, 6) is -1.63. The second kappa shape index (κ2) is 11.0. The van der Waals surface area contributed by atoms with Crippen LogP contribution in [-0.2, 0) is 28.7 Å². The highest BCUT2D eigenvalue weighted by molar-refractivity contribution is 5.96. The lowest BCUT2D eigenvalue weighted by Gasteiger charge is -2.43. The van der Waals surface area contributed by atoms with E-state index in [2.05, 4.69) is 0 Å². The van der Waals surface area contributed by atoms with Crippen LogP contribution >= 0.6 is 0 Å². The van der Waals surface area contributed by atoms with Crippen LogP contribution in [0.25, 0.3) is 0 Å². The molecule has 1 radical (unpaired) electrons. The summed E-state index contributed by atoms with van der Waals surface area (Å²) in [6.45, 7) is 8.65. The highest BCUT2D eigenvalue weighted by atomic mass is 16.6. The Morgan fingerprint density at radius 2 is 1.44 bits per heavy atom. The van der Waals surface area contributed by atoms with Gasteiger partial charge in [-0.05, 0) is 25.7 Å². The molecule has 143 valence electrons. The second-order valence-corrected chi connectivity index (χ2v) is 6.08. The first kappa shape index (κ1) is 23.3. The van der Waals surface area contributed by atoms with E-state index in [0.29, 0.717) is 19.3 Å². The van der Waals surface area contributed by atoms with Gasteiger partial charge in [0.05, 0.1) is 0 Å². The third kappa shape index (κ3) is 5.38. The fourth-order valence-electron chi connectivity index (χ4n) is 2.87. The normalized spacial score (nSPS) is 15.6. The van der Waals surface area contributed by atoms with Crippen molar-refractivity contribution < 1.29 is 28.7 Å². The first-order chi connectivity index (χ1) is 11.8. The van der Waals surface area contributed by atoms with Gasteiger partial charge in [-0.15, -0.1) is 0 Å². The Balaban J connectivity index is 6.28. The van der Waals surface area contributed by atoms with Crippen molar-refractivity contribution in [2.24, 2.45) is 0 Å². The van der Waals surface area contributed by atoms with Crippen molar-refractivity contribution in [2.45, 2.75) is 97.2 Å². The predicted molar refractivity (Wildman–Crippen MR) is 93.7 cm³/mol. The lowest BCUT2D eigenvalue weighted by atomic mass is 9.73. The SMILES string of the molecule is CCCC(=O)OC([C]=O)(CC)C(CCC)(OC(=O)CC)C(=O)CCC. The zero-order chi connectivity index (χ0) is 19.5. The number of carbonyl (C=O) groups excluding carboxylic acids is 4. The molecule has 0 fully saturated rings. The van der Waals surface area contributed by atoms with Crippen molar-refractivity contribution >= 4 is 24.0 Å². The van der Waals surface area contributed by atoms with Gasteiger partial charge in [-0.3, -0.25) is 19.2 Å². The Labute approximate surface area is 150 Å². The molecule has 0 aliphatic heterocycles. The summed E-state index contributed by atoms with van der Waals surface area (Å²) < 4.78 is 11.0. The van der Waals surface area contributed by atoms with E-state index >= 15 is 0 Å². The van der Waals surface area contributed by atoms with Gasteiger partial charge in [-0.2, -0.15) is 0 Å². The summed E-state index contributed by atoms with van der Waals surface area (Å²) in [7, 11) is 0. The van der Waals surface area contributed by atoms with Crippen molar-refractivity contribution in [3.05, 3.63) is 0 Å². The topological polar surface area (TPSA) is 86.7 Å². The molecule has 0 aromatic rings. The smallest absolute Gasteiger partial charge is 0.306 e. The van der Waals surface area contributed by atoms with Crippen LogP contribution in [0.2, 0.25) is 0 Å². The van der Waals surface area contributed by atoms with Gasteiger partial charge >= 0.3 is 11.9 Å². The molecule has 0 bridgehead atoms. The minimum atomic E-state index is -1.92. The number of hydrogen-bond donors (Lipinski definition) is 0. The number of esters is 2. The van der Waals surface area contributed by atoms with Gasteiger partial charge in [0, 0.05) is 19.3 Å². The second-order valence-electron chi connectivity index (χ2n) is 6.08. The van der Waals surface area contributed by atoms with Crippen LogP contribution in [0.1, 0.15) is 86.0 Å². The molecular weight excluding hydrogens is 324 g/mol. The number of Topliss-reactive ketones (excluding diaryl/α,β-unsaturated/α-hetero) is 1. The van der Waals surface area contributed by atoms with Gasteiger partial charge in [0.15, 0.2) is 5.78 Å². The van der Waals surface area contributed by atoms with Crippen LogP contribution < -0.4 is 0 Å². The van der Waals surface area contributed by atoms with Crippen molar-refractivity contribution in [3.8, 4) is 0 Å². The molecule has 0 aromatic heterocycles. The molecule has 0 spiro atoms. The molecule has 0 saturated carbocycles. The lowest BCUT2D eigenvalue weighted by Crippen LogP contribution is -2.64.